The topological polar surface area (TPSA) is 57.7 Å². The Morgan fingerprint density at radius 3 is 2.58 bits per heavy atom. The van der Waals surface area contributed by atoms with Gasteiger partial charge in [-0.2, -0.15) is 0 Å². The monoisotopic (exact) mass is 422 g/mol. The van der Waals surface area contributed by atoms with E-state index in [-0.39, 0.29) is 11.3 Å². The first-order chi connectivity index (χ1) is 15.2. The van der Waals surface area contributed by atoms with Crippen molar-refractivity contribution < 1.29 is 9.53 Å². The zero-order chi connectivity index (χ0) is 21.5. The van der Waals surface area contributed by atoms with E-state index in [1.54, 1.807) is 13.3 Å². The van der Waals surface area contributed by atoms with E-state index in [9.17, 15) is 4.79 Å². The highest BCUT2D eigenvalue weighted by Crippen LogP contribution is 2.40. The van der Waals surface area contributed by atoms with E-state index in [0.717, 1.165) is 70.6 Å². The van der Waals surface area contributed by atoms with Crippen LogP contribution < -0.4 is 15.0 Å². The van der Waals surface area contributed by atoms with Crippen molar-refractivity contribution in [2.75, 3.05) is 50.1 Å². The van der Waals surface area contributed by atoms with Crippen LogP contribution in [0.1, 0.15) is 38.5 Å². The van der Waals surface area contributed by atoms with Gasteiger partial charge in [0.2, 0.25) is 5.91 Å². The Labute approximate surface area is 185 Å². The van der Waals surface area contributed by atoms with Gasteiger partial charge in [0.05, 0.1) is 12.5 Å². The number of aromatic nitrogens is 1. The van der Waals surface area contributed by atoms with Crippen LogP contribution in [0.4, 0.5) is 11.5 Å². The lowest BCUT2D eigenvalue weighted by atomic mass is 9.71. The van der Waals surface area contributed by atoms with Gasteiger partial charge in [-0.1, -0.05) is 31.4 Å². The fraction of sp³-hybridized carbons (Fsp3) is 0.520. The predicted octanol–water partition coefficient (Wildman–Crippen LogP) is 4.19. The molecule has 2 aromatic rings. The fourth-order valence-electron chi connectivity index (χ4n) is 4.91. The van der Waals surface area contributed by atoms with Crippen LogP contribution in [-0.2, 0) is 4.79 Å². The minimum atomic E-state index is -0.264. The van der Waals surface area contributed by atoms with Gasteiger partial charge in [0.15, 0.2) is 0 Å². The van der Waals surface area contributed by atoms with Crippen LogP contribution in [0.3, 0.4) is 0 Å². The molecule has 0 atom stereocenters. The second kappa shape index (κ2) is 10.1. The van der Waals surface area contributed by atoms with Crippen molar-refractivity contribution in [1.29, 1.82) is 0 Å². The van der Waals surface area contributed by atoms with Gasteiger partial charge in [-0.15, -0.1) is 0 Å². The number of hydrogen-bond donors (Lipinski definition) is 1. The van der Waals surface area contributed by atoms with Crippen LogP contribution >= 0.6 is 0 Å². The van der Waals surface area contributed by atoms with Gasteiger partial charge in [0.1, 0.15) is 11.6 Å². The number of carbonyl (C=O) groups is 1. The molecule has 2 heterocycles. The molecule has 0 radical (unpaired) electrons. The molecule has 4 rings (SSSR count). The summed E-state index contributed by atoms with van der Waals surface area (Å²) in [5.74, 6) is 1.71. The summed E-state index contributed by atoms with van der Waals surface area (Å²) in [6.07, 6.45) is 8.12. The van der Waals surface area contributed by atoms with E-state index in [0.29, 0.717) is 5.82 Å². The van der Waals surface area contributed by atoms with E-state index in [1.807, 2.05) is 30.3 Å². The first kappa shape index (κ1) is 21.6. The quantitative estimate of drug-likeness (QED) is 0.725. The number of carbonyl (C=O) groups excluding carboxylic acids is 1. The number of nitrogens with one attached hydrogen (secondary N) is 1. The van der Waals surface area contributed by atoms with Crippen LogP contribution in [-0.4, -0.2) is 55.6 Å². The van der Waals surface area contributed by atoms with E-state index in [2.05, 4.69) is 32.2 Å². The molecule has 1 aliphatic heterocycles. The second-order valence-electron chi connectivity index (χ2n) is 8.79. The smallest absolute Gasteiger partial charge is 0.231 e. The molecule has 1 amide bonds. The maximum atomic E-state index is 13.3. The number of pyridine rings is 1. The molecule has 1 saturated carbocycles. The van der Waals surface area contributed by atoms with E-state index < -0.39 is 0 Å². The molecule has 1 aliphatic carbocycles. The number of amides is 1. The van der Waals surface area contributed by atoms with Crippen molar-refractivity contribution in [3.63, 3.8) is 0 Å². The summed E-state index contributed by atoms with van der Waals surface area (Å²) in [5.41, 5.74) is 0.956. The average molecular weight is 423 g/mol. The molecule has 31 heavy (non-hydrogen) atoms. The van der Waals surface area contributed by atoms with Crippen LogP contribution in [0.15, 0.2) is 48.7 Å². The Bertz CT molecular complexity index is 844. The summed E-state index contributed by atoms with van der Waals surface area (Å²) in [5, 5.41) is 3.09. The maximum Gasteiger partial charge on any atom is 0.231 e. The molecule has 0 bridgehead atoms. The number of benzene rings is 1. The van der Waals surface area contributed by atoms with E-state index in [4.69, 9.17) is 4.74 Å². The molecule has 2 aliphatic rings. The minimum absolute atomic E-state index is 0.154. The highest BCUT2D eigenvalue weighted by molar-refractivity contribution is 5.94. The average Bonchev–Trinajstić information content (AvgIpc) is 2.84. The van der Waals surface area contributed by atoms with Gasteiger partial charge in [0, 0.05) is 44.1 Å². The number of nitrogens with zero attached hydrogens (tertiary/aromatic N) is 3. The molecule has 2 fully saturated rings. The van der Waals surface area contributed by atoms with Gasteiger partial charge < -0.3 is 15.0 Å². The predicted molar refractivity (Wildman–Crippen MR) is 125 cm³/mol. The minimum Gasteiger partial charge on any atom is -0.497 e. The van der Waals surface area contributed by atoms with Gasteiger partial charge in [0.25, 0.3) is 0 Å². The van der Waals surface area contributed by atoms with Crippen LogP contribution in [0, 0.1) is 5.41 Å². The van der Waals surface area contributed by atoms with Crippen LogP contribution in [0.2, 0.25) is 0 Å². The Kier molecular flexibility index (Phi) is 7.07. The summed E-state index contributed by atoms with van der Waals surface area (Å²) in [7, 11) is 1.71. The Balaban J connectivity index is 1.33. The van der Waals surface area contributed by atoms with Gasteiger partial charge in [-0.25, -0.2) is 4.98 Å². The lowest BCUT2D eigenvalue weighted by Gasteiger charge is -2.40. The standard InChI is InChI=1S/C25H34N4O2/c1-31-22-9-7-8-21(20-22)29-18-16-28(17-19-29)15-13-25(11-4-2-5-12-25)24(30)27-23-10-3-6-14-26-23/h3,6-10,14,20H,2,4-5,11-13,15-19H2,1H3,(H,26,27,30). The highest BCUT2D eigenvalue weighted by Gasteiger charge is 2.39. The van der Waals surface area contributed by atoms with Crippen LogP contribution in [0.25, 0.3) is 0 Å². The first-order valence-corrected chi connectivity index (χ1v) is 11.5. The highest BCUT2D eigenvalue weighted by atomic mass is 16.5. The number of methoxy groups -OCH3 is 1. The Hall–Kier alpha value is -2.60. The zero-order valence-corrected chi connectivity index (χ0v) is 18.6. The molecule has 1 saturated heterocycles. The lowest BCUT2D eigenvalue weighted by Crippen LogP contribution is -2.48. The molecule has 6 nitrogen and oxygen atoms in total. The summed E-state index contributed by atoms with van der Waals surface area (Å²) >= 11 is 0. The van der Waals surface area contributed by atoms with E-state index in [1.165, 1.54) is 12.1 Å². The number of anilines is 2. The molecule has 166 valence electrons. The SMILES string of the molecule is COc1cccc(N2CCN(CCC3(C(=O)Nc4ccccn4)CCCCC3)CC2)c1. The van der Waals surface area contributed by atoms with Crippen molar-refractivity contribution in [2.45, 2.75) is 38.5 Å². The molecule has 0 unspecified atom stereocenters. The Morgan fingerprint density at radius 2 is 1.87 bits per heavy atom. The van der Waals surface area contributed by atoms with Gasteiger partial charge in [-0.05, 0) is 50.1 Å². The first-order valence-electron chi connectivity index (χ1n) is 11.5. The third-order valence-electron chi connectivity index (χ3n) is 6.90. The third-order valence-corrected chi connectivity index (χ3v) is 6.90. The van der Waals surface area contributed by atoms with Crippen molar-refractivity contribution in [1.82, 2.24) is 9.88 Å². The molecule has 1 aromatic heterocycles. The van der Waals surface area contributed by atoms with E-state index >= 15 is 0 Å². The molecular weight excluding hydrogens is 388 g/mol. The lowest BCUT2D eigenvalue weighted by molar-refractivity contribution is -0.128. The van der Waals surface area contributed by atoms with Gasteiger partial charge >= 0.3 is 0 Å². The summed E-state index contributed by atoms with van der Waals surface area (Å²) in [6.45, 7) is 5.02. The van der Waals surface area contributed by atoms with Crippen molar-refractivity contribution >= 4 is 17.4 Å². The maximum absolute atomic E-state index is 13.3. The summed E-state index contributed by atoms with van der Waals surface area (Å²) < 4.78 is 5.37. The van der Waals surface area contributed by atoms with Crippen molar-refractivity contribution in [2.24, 2.45) is 5.41 Å². The largest absolute Gasteiger partial charge is 0.497 e. The molecule has 1 N–H and O–H groups in total. The molecule has 1 aromatic carbocycles. The summed E-state index contributed by atoms with van der Waals surface area (Å²) in [4.78, 5) is 22.5. The molecule has 0 spiro atoms. The number of piperazine rings is 1. The third kappa shape index (κ3) is 5.37. The fourth-order valence-corrected chi connectivity index (χ4v) is 4.91. The Morgan fingerprint density at radius 1 is 1.06 bits per heavy atom. The normalized spacial score (nSPS) is 19.1. The number of hydrogen-bond acceptors (Lipinski definition) is 5. The van der Waals surface area contributed by atoms with Gasteiger partial charge in [-0.3, -0.25) is 9.69 Å². The van der Waals surface area contributed by atoms with Crippen molar-refractivity contribution in [3.8, 4) is 5.75 Å². The zero-order valence-electron chi connectivity index (χ0n) is 18.6. The number of ether oxygens (including phenoxy) is 1. The summed E-state index contributed by atoms with van der Waals surface area (Å²) in [6, 6.07) is 13.9. The molecular formula is C25H34N4O2. The number of rotatable bonds is 7. The van der Waals surface area contributed by atoms with Crippen LogP contribution in [0.5, 0.6) is 5.75 Å². The second-order valence-corrected chi connectivity index (χ2v) is 8.79. The van der Waals surface area contributed by atoms with Crippen molar-refractivity contribution in [3.05, 3.63) is 48.7 Å². The molecule has 6 heteroatoms.